The summed E-state index contributed by atoms with van der Waals surface area (Å²) >= 11 is 6.32. The number of hydrogen-bond donors (Lipinski definition) is 1. The van der Waals surface area contributed by atoms with Gasteiger partial charge in [0.1, 0.15) is 0 Å². The summed E-state index contributed by atoms with van der Waals surface area (Å²) in [7, 11) is 0. The predicted molar refractivity (Wildman–Crippen MR) is 72.6 cm³/mol. The SMILES string of the molecule is Cc1nccc(N2CCCC(C(C)N)C2)c1Cl. The molecule has 0 amide bonds. The van der Waals surface area contributed by atoms with Gasteiger partial charge in [0.15, 0.2) is 0 Å². The number of aromatic nitrogens is 1. The van der Waals surface area contributed by atoms with Gasteiger partial charge in [-0.1, -0.05) is 11.6 Å². The third-order valence-electron chi connectivity index (χ3n) is 3.59. The molecule has 1 aromatic heterocycles. The molecule has 0 spiro atoms. The first-order valence-electron chi connectivity index (χ1n) is 6.21. The van der Waals surface area contributed by atoms with Gasteiger partial charge in [0, 0.05) is 25.3 Å². The van der Waals surface area contributed by atoms with E-state index in [4.69, 9.17) is 17.3 Å². The van der Waals surface area contributed by atoms with Crippen LogP contribution in [0, 0.1) is 12.8 Å². The lowest BCUT2D eigenvalue weighted by Crippen LogP contribution is -2.42. The van der Waals surface area contributed by atoms with Crippen molar-refractivity contribution in [2.45, 2.75) is 32.7 Å². The number of rotatable bonds is 2. The molecule has 2 unspecified atom stereocenters. The largest absolute Gasteiger partial charge is 0.370 e. The van der Waals surface area contributed by atoms with Gasteiger partial charge in [0.05, 0.1) is 16.4 Å². The zero-order valence-corrected chi connectivity index (χ0v) is 11.2. The van der Waals surface area contributed by atoms with E-state index in [1.807, 2.05) is 19.2 Å². The fraction of sp³-hybridized carbons (Fsp3) is 0.615. The van der Waals surface area contributed by atoms with Crippen molar-refractivity contribution >= 4 is 17.3 Å². The Morgan fingerprint density at radius 1 is 1.59 bits per heavy atom. The van der Waals surface area contributed by atoms with Crippen molar-refractivity contribution in [3.05, 3.63) is 23.0 Å². The molecule has 1 fully saturated rings. The molecular weight excluding hydrogens is 234 g/mol. The van der Waals surface area contributed by atoms with E-state index >= 15 is 0 Å². The highest BCUT2D eigenvalue weighted by atomic mass is 35.5. The van der Waals surface area contributed by atoms with Crippen molar-refractivity contribution in [3.63, 3.8) is 0 Å². The van der Waals surface area contributed by atoms with E-state index < -0.39 is 0 Å². The van der Waals surface area contributed by atoms with E-state index in [9.17, 15) is 0 Å². The lowest BCUT2D eigenvalue weighted by Gasteiger charge is -2.36. The Balaban J connectivity index is 2.19. The first kappa shape index (κ1) is 12.7. The maximum Gasteiger partial charge on any atom is 0.0851 e. The third-order valence-corrected chi connectivity index (χ3v) is 4.05. The van der Waals surface area contributed by atoms with Crippen LogP contribution in [-0.4, -0.2) is 24.1 Å². The van der Waals surface area contributed by atoms with Crippen LogP contribution in [0.1, 0.15) is 25.5 Å². The standard InChI is InChI=1S/C13H20ClN3/c1-9(15)11-4-3-7-17(8-11)12-5-6-16-10(2)13(12)14/h5-6,9,11H,3-4,7-8,15H2,1-2H3. The minimum absolute atomic E-state index is 0.250. The minimum Gasteiger partial charge on any atom is -0.370 e. The fourth-order valence-corrected chi connectivity index (χ4v) is 2.67. The Bertz CT molecular complexity index is 392. The summed E-state index contributed by atoms with van der Waals surface area (Å²) in [5.41, 5.74) is 8.00. The van der Waals surface area contributed by atoms with Gasteiger partial charge in [-0.3, -0.25) is 4.98 Å². The van der Waals surface area contributed by atoms with E-state index in [0.717, 1.165) is 29.5 Å². The van der Waals surface area contributed by atoms with Crippen LogP contribution in [0.15, 0.2) is 12.3 Å². The molecule has 2 atom stereocenters. The normalized spacial score (nSPS) is 22.6. The summed E-state index contributed by atoms with van der Waals surface area (Å²) < 4.78 is 0. The highest BCUT2D eigenvalue weighted by molar-refractivity contribution is 6.33. The van der Waals surface area contributed by atoms with E-state index in [0.29, 0.717) is 5.92 Å². The van der Waals surface area contributed by atoms with Crippen molar-refractivity contribution < 1.29 is 0 Å². The molecule has 1 aromatic rings. The average Bonchev–Trinajstić information content (AvgIpc) is 2.33. The topological polar surface area (TPSA) is 42.2 Å². The number of halogens is 1. The van der Waals surface area contributed by atoms with Crippen LogP contribution in [0.4, 0.5) is 5.69 Å². The molecule has 0 aromatic carbocycles. The Labute approximate surface area is 108 Å². The van der Waals surface area contributed by atoms with Crippen LogP contribution in [0.5, 0.6) is 0 Å². The monoisotopic (exact) mass is 253 g/mol. The molecule has 1 saturated heterocycles. The molecule has 0 bridgehead atoms. The molecule has 0 saturated carbocycles. The summed E-state index contributed by atoms with van der Waals surface area (Å²) in [6.07, 6.45) is 4.23. The Hall–Kier alpha value is -0.800. The Morgan fingerprint density at radius 3 is 3.06 bits per heavy atom. The van der Waals surface area contributed by atoms with E-state index in [2.05, 4.69) is 16.8 Å². The van der Waals surface area contributed by atoms with Crippen LogP contribution in [0.2, 0.25) is 5.02 Å². The van der Waals surface area contributed by atoms with Crippen molar-refractivity contribution in [1.29, 1.82) is 0 Å². The Morgan fingerprint density at radius 2 is 2.35 bits per heavy atom. The number of aryl methyl sites for hydroxylation is 1. The van der Waals surface area contributed by atoms with Crippen molar-refractivity contribution in [3.8, 4) is 0 Å². The molecule has 1 aliphatic rings. The van der Waals surface area contributed by atoms with Gasteiger partial charge in [0.2, 0.25) is 0 Å². The molecule has 0 aliphatic carbocycles. The van der Waals surface area contributed by atoms with Crippen LogP contribution in [-0.2, 0) is 0 Å². The highest BCUT2D eigenvalue weighted by Gasteiger charge is 2.24. The van der Waals surface area contributed by atoms with Gasteiger partial charge in [-0.05, 0) is 38.7 Å². The van der Waals surface area contributed by atoms with Crippen LogP contribution in [0.3, 0.4) is 0 Å². The number of nitrogens with zero attached hydrogens (tertiary/aromatic N) is 2. The first-order valence-corrected chi connectivity index (χ1v) is 6.59. The van der Waals surface area contributed by atoms with Crippen LogP contribution >= 0.6 is 11.6 Å². The average molecular weight is 254 g/mol. The lowest BCUT2D eigenvalue weighted by molar-refractivity contribution is 0.364. The summed E-state index contributed by atoms with van der Waals surface area (Å²) in [4.78, 5) is 6.55. The number of piperidine rings is 1. The number of anilines is 1. The first-order chi connectivity index (χ1) is 8.09. The number of nitrogens with two attached hydrogens (primary N) is 1. The van der Waals surface area contributed by atoms with Gasteiger partial charge in [-0.2, -0.15) is 0 Å². The quantitative estimate of drug-likeness (QED) is 0.881. The zero-order chi connectivity index (χ0) is 12.4. The molecule has 4 heteroatoms. The van der Waals surface area contributed by atoms with Gasteiger partial charge < -0.3 is 10.6 Å². The van der Waals surface area contributed by atoms with Gasteiger partial charge in [-0.25, -0.2) is 0 Å². The summed E-state index contributed by atoms with van der Waals surface area (Å²) in [6.45, 7) is 6.10. The zero-order valence-electron chi connectivity index (χ0n) is 10.5. The van der Waals surface area contributed by atoms with Gasteiger partial charge in [-0.15, -0.1) is 0 Å². The molecule has 94 valence electrons. The van der Waals surface area contributed by atoms with E-state index in [-0.39, 0.29) is 6.04 Å². The van der Waals surface area contributed by atoms with Gasteiger partial charge >= 0.3 is 0 Å². The van der Waals surface area contributed by atoms with Gasteiger partial charge in [0.25, 0.3) is 0 Å². The lowest BCUT2D eigenvalue weighted by atomic mass is 9.92. The highest BCUT2D eigenvalue weighted by Crippen LogP contribution is 2.31. The summed E-state index contributed by atoms with van der Waals surface area (Å²) in [5, 5.41) is 0.776. The maximum atomic E-state index is 6.32. The second kappa shape index (κ2) is 5.23. The summed E-state index contributed by atoms with van der Waals surface area (Å²) in [6, 6.07) is 2.25. The predicted octanol–water partition coefficient (Wildman–Crippen LogP) is 2.61. The van der Waals surface area contributed by atoms with Crippen molar-refractivity contribution in [1.82, 2.24) is 4.98 Å². The van der Waals surface area contributed by atoms with Crippen LogP contribution < -0.4 is 10.6 Å². The molecule has 2 N–H and O–H groups in total. The van der Waals surface area contributed by atoms with E-state index in [1.165, 1.54) is 12.8 Å². The molecule has 1 aliphatic heterocycles. The van der Waals surface area contributed by atoms with Crippen LogP contribution in [0.25, 0.3) is 0 Å². The number of hydrogen-bond acceptors (Lipinski definition) is 3. The molecule has 2 rings (SSSR count). The molecule has 2 heterocycles. The molecule has 0 radical (unpaired) electrons. The molecule has 17 heavy (non-hydrogen) atoms. The van der Waals surface area contributed by atoms with E-state index in [1.54, 1.807) is 0 Å². The fourth-order valence-electron chi connectivity index (χ4n) is 2.44. The molecular formula is C13H20ClN3. The Kier molecular flexibility index (Phi) is 3.89. The smallest absolute Gasteiger partial charge is 0.0851 e. The second-order valence-corrected chi connectivity index (χ2v) is 5.31. The second-order valence-electron chi connectivity index (χ2n) is 4.94. The molecule has 3 nitrogen and oxygen atoms in total. The number of pyridine rings is 1. The maximum absolute atomic E-state index is 6.32. The van der Waals surface area contributed by atoms with Crippen molar-refractivity contribution in [2.75, 3.05) is 18.0 Å². The minimum atomic E-state index is 0.250. The van der Waals surface area contributed by atoms with Crippen molar-refractivity contribution in [2.24, 2.45) is 11.7 Å². The summed E-state index contributed by atoms with van der Waals surface area (Å²) in [5.74, 6) is 0.563. The third kappa shape index (κ3) is 2.72.